The highest BCUT2D eigenvalue weighted by atomic mass is 32.2. The summed E-state index contributed by atoms with van der Waals surface area (Å²) in [5.41, 5.74) is 0.884. The maximum absolute atomic E-state index is 13.3. The first-order chi connectivity index (χ1) is 16.3. The van der Waals surface area contributed by atoms with Crippen LogP contribution in [0.25, 0.3) is 28.2 Å². The molecule has 3 aromatic heterocycles. The lowest BCUT2D eigenvalue weighted by atomic mass is 10.1. The molecule has 0 radical (unpaired) electrons. The van der Waals surface area contributed by atoms with E-state index in [-0.39, 0.29) is 30.8 Å². The van der Waals surface area contributed by atoms with E-state index in [0.29, 0.717) is 16.4 Å². The number of nitrogens with one attached hydrogen (secondary N) is 1. The Balaban J connectivity index is 0.00000253. The second-order valence-corrected chi connectivity index (χ2v) is 9.93. The molecule has 0 spiro atoms. The minimum absolute atomic E-state index is 0. The van der Waals surface area contributed by atoms with E-state index in [1.54, 1.807) is 24.6 Å². The van der Waals surface area contributed by atoms with Crippen molar-refractivity contribution in [2.75, 3.05) is 12.9 Å². The fourth-order valence-electron chi connectivity index (χ4n) is 4.20. The number of imidazole rings is 2. The number of H-pyrrole nitrogens is 1. The van der Waals surface area contributed by atoms with Crippen LogP contribution in [0.4, 0.5) is 4.39 Å². The van der Waals surface area contributed by atoms with Gasteiger partial charge in [-0.2, -0.15) is 4.98 Å². The lowest BCUT2D eigenvalue weighted by Gasteiger charge is -2.34. The lowest BCUT2D eigenvalue weighted by molar-refractivity contribution is -0.245. The van der Waals surface area contributed by atoms with Crippen molar-refractivity contribution in [3.05, 3.63) is 46.6 Å². The highest BCUT2D eigenvalue weighted by Crippen LogP contribution is 2.50. The zero-order chi connectivity index (χ0) is 23.8. The molecule has 12 nitrogen and oxygen atoms in total. The normalized spacial score (nSPS) is 29.2. The molecule has 5 atom stereocenters. The molecule has 0 aliphatic carbocycles. The zero-order valence-corrected chi connectivity index (χ0v) is 19.0. The molecule has 2 aliphatic heterocycles. The average molecular weight is 509 g/mol. The topological polar surface area (TPSA) is 156 Å². The van der Waals surface area contributed by atoms with Gasteiger partial charge in [-0.15, -0.1) is 0 Å². The van der Waals surface area contributed by atoms with E-state index in [1.165, 1.54) is 32.9 Å². The Morgan fingerprint density at radius 2 is 2.12 bits per heavy atom. The smallest absolute Gasteiger partial charge is 0.756 e. The Kier molecular flexibility index (Phi) is 4.97. The number of hydrogen-bond acceptors (Lipinski definition) is 10. The fraction of sp³-hybridized carbons (Fsp3) is 0.316. The minimum Gasteiger partial charge on any atom is -0.756 e. The van der Waals surface area contributed by atoms with Gasteiger partial charge in [0.25, 0.3) is 13.4 Å². The molecule has 5 heterocycles. The first-order valence-electron chi connectivity index (χ1n) is 10.1. The van der Waals surface area contributed by atoms with Gasteiger partial charge in [0.2, 0.25) is 5.78 Å². The van der Waals surface area contributed by atoms with Gasteiger partial charge in [0.15, 0.2) is 22.5 Å². The quantitative estimate of drug-likeness (QED) is 0.303. The van der Waals surface area contributed by atoms with Crippen molar-refractivity contribution >= 4 is 36.5 Å². The molecular formula is C19H17FN5O7PS. The van der Waals surface area contributed by atoms with Gasteiger partial charge in [-0.25, -0.2) is 13.8 Å². The molecule has 15 heteroatoms. The molecule has 2 N–H and O–H groups in total. The van der Waals surface area contributed by atoms with E-state index >= 15 is 0 Å². The maximum atomic E-state index is 13.3. The van der Waals surface area contributed by atoms with Gasteiger partial charge in [0.05, 0.1) is 12.3 Å². The summed E-state index contributed by atoms with van der Waals surface area (Å²) in [6.45, 7) is -0.307. The standard InChI is InChI=1S/C19H17FN5O7PS/c1-34-19-22-12-15(25(19)17-13(26)14-11(31-17)7-30-33(28,29)32-14)23-18-21-10(6-24(18)16(12)27)8-2-4-9(20)5-3-8/h2-6,11,13-14,17,26H,7H2,1H3,(H,21,23)(H,28,29)/t11?,13?,14-,17-/m1/s1. The number of aliphatic hydroxyl groups is 1. The highest BCUT2D eigenvalue weighted by Gasteiger charge is 2.51. The summed E-state index contributed by atoms with van der Waals surface area (Å²) in [7, 11) is -4.55. The van der Waals surface area contributed by atoms with Crippen LogP contribution in [0.2, 0.25) is 0 Å². The minimum atomic E-state index is -4.55. The summed E-state index contributed by atoms with van der Waals surface area (Å²) in [6.07, 6.45) is -1.25. The van der Waals surface area contributed by atoms with Crippen molar-refractivity contribution in [3.8, 4) is 11.3 Å². The fourth-order valence-corrected chi connectivity index (χ4v) is 5.72. The van der Waals surface area contributed by atoms with Crippen molar-refractivity contribution in [2.45, 2.75) is 29.7 Å². The Hall–Kier alpha value is -2.58. The molecule has 6 rings (SSSR count). The van der Waals surface area contributed by atoms with E-state index < -0.39 is 37.9 Å². The SMILES string of the molecule is CSc1nc2c(=O)n3cc(-c4ccc(F)cc4)[nH]c3nc2n1[C@@H]1OC2COP(=O)([O-])O[C@H]2C1O.[H+]. The van der Waals surface area contributed by atoms with Crippen LogP contribution < -0.4 is 10.5 Å². The Labute approximate surface area is 195 Å². The number of nitrogens with zero attached hydrogens (tertiary/aromatic N) is 4. The number of thioether (sulfide) groups is 1. The molecule has 2 aliphatic rings. The molecule has 2 saturated heterocycles. The lowest BCUT2D eigenvalue weighted by Crippen LogP contribution is -2.41. The number of aromatic nitrogens is 5. The number of phosphoric ester groups is 1. The molecular weight excluding hydrogens is 492 g/mol. The number of aliphatic hydroxyl groups excluding tert-OH is 1. The van der Waals surface area contributed by atoms with Crippen LogP contribution >= 0.6 is 19.6 Å². The first kappa shape index (κ1) is 21.9. The van der Waals surface area contributed by atoms with Gasteiger partial charge >= 0.3 is 1.43 Å². The molecule has 3 unspecified atom stereocenters. The van der Waals surface area contributed by atoms with Gasteiger partial charge in [-0.1, -0.05) is 11.8 Å². The summed E-state index contributed by atoms with van der Waals surface area (Å²) >= 11 is 1.20. The van der Waals surface area contributed by atoms with E-state index in [9.17, 15) is 23.7 Å². The molecule has 178 valence electrons. The van der Waals surface area contributed by atoms with Crippen molar-refractivity contribution < 1.29 is 34.2 Å². The van der Waals surface area contributed by atoms with Gasteiger partial charge in [0, 0.05) is 6.20 Å². The third-order valence-electron chi connectivity index (χ3n) is 5.77. The van der Waals surface area contributed by atoms with Crippen LogP contribution in [-0.4, -0.2) is 60.2 Å². The van der Waals surface area contributed by atoms with Crippen molar-refractivity contribution in [2.24, 2.45) is 0 Å². The number of fused-ring (bicyclic) bond motifs is 3. The number of phosphoric acid groups is 1. The maximum Gasteiger partial charge on any atom is 1.00 e. The summed E-state index contributed by atoms with van der Waals surface area (Å²) in [5, 5.41) is 11.2. The molecule has 34 heavy (non-hydrogen) atoms. The number of rotatable bonds is 3. The zero-order valence-electron chi connectivity index (χ0n) is 18.3. The number of hydrogen-bond donors (Lipinski definition) is 2. The average Bonchev–Trinajstić information content (AvgIpc) is 3.48. The highest BCUT2D eigenvalue weighted by molar-refractivity contribution is 7.98. The Morgan fingerprint density at radius 1 is 1.35 bits per heavy atom. The van der Waals surface area contributed by atoms with Crippen LogP contribution in [0.1, 0.15) is 7.65 Å². The van der Waals surface area contributed by atoms with Crippen LogP contribution in [0.3, 0.4) is 0 Å². The Morgan fingerprint density at radius 3 is 2.85 bits per heavy atom. The van der Waals surface area contributed by atoms with E-state index in [1.807, 2.05) is 0 Å². The summed E-state index contributed by atoms with van der Waals surface area (Å²) < 4.78 is 43.2. The van der Waals surface area contributed by atoms with Crippen molar-refractivity contribution in [1.29, 1.82) is 0 Å². The molecule has 0 amide bonds. The van der Waals surface area contributed by atoms with Gasteiger partial charge in [0.1, 0.15) is 24.1 Å². The number of ether oxygens (including phenoxy) is 1. The number of halogens is 1. The van der Waals surface area contributed by atoms with Crippen molar-refractivity contribution in [1.82, 2.24) is 23.9 Å². The first-order valence-corrected chi connectivity index (χ1v) is 12.7. The second-order valence-electron chi connectivity index (χ2n) is 7.79. The Bertz CT molecular complexity index is 1540. The van der Waals surface area contributed by atoms with E-state index in [4.69, 9.17) is 9.26 Å². The van der Waals surface area contributed by atoms with Crippen LogP contribution in [0.5, 0.6) is 0 Å². The van der Waals surface area contributed by atoms with Crippen molar-refractivity contribution in [3.63, 3.8) is 0 Å². The van der Waals surface area contributed by atoms with E-state index in [2.05, 4.69) is 19.5 Å². The molecule has 4 aromatic rings. The van der Waals surface area contributed by atoms with Gasteiger partial charge in [-0.3, -0.25) is 13.9 Å². The van der Waals surface area contributed by atoms with Gasteiger partial charge in [-0.05, 0) is 36.1 Å². The summed E-state index contributed by atoms with van der Waals surface area (Å²) in [5.74, 6) is -0.193. The predicted octanol–water partition coefficient (Wildman–Crippen LogP) is 1.15. The molecule has 0 bridgehead atoms. The third kappa shape index (κ3) is 3.33. The summed E-state index contributed by atoms with van der Waals surface area (Å²) in [6, 6.07) is 5.74. The van der Waals surface area contributed by atoms with E-state index in [0.717, 1.165) is 0 Å². The monoisotopic (exact) mass is 509 g/mol. The molecule has 0 saturated carbocycles. The summed E-state index contributed by atoms with van der Waals surface area (Å²) in [4.78, 5) is 36.9. The van der Waals surface area contributed by atoms with Crippen LogP contribution in [0.15, 0.2) is 40.4 Å². The molecule has 1 aromatic carbocycles. The third-order valence-corrected chi connectivity index (χ3v) is 7.39. The number of aromatic amines is 1. The largest absolute Gasteiger partial charge is 1.00 e. The van der Waals surface area contributed by atoms with Crippen LogP contribution in [0, 0.1) is 5.82 Å². The molecule has 2 fully saturated rings. The predicted molar refractivity (Wildman–Crippen MR) is 116 cm³/mol. The van der Waals surface area contributed by atoms with Crippen LogP contribution in [-0.2, 0) is 18.3 Å². The van der Waals surface area contributed by atoms with Gasteiger partial charge < -0.3 is 28.8 Å². The second kappa shape index (κ2) is 7.71. The number of benzene rings is 1.